The molecule has 8 atom stereocenters. The first kappa shape index (κ1) is 116. The Morgan fingerprint density at radius 3 is 0.760 bits per heavy atom. The molecule has 121 heavy (non-hydrogen) atoms. The molecule has 0 aliphatic heterocycles. The Balaban J connectivity index is 6.37. The van der Waals surface area contributed by atoms with E-state index < -0.39 is 48.2 Å². The summed E-state index contributed by atoms with van der Waals surface area (Å²) in [6.07, 6.45) is 50.1. The highest BCUT2D eigenvalue weighted by molar-refractivity contribution is 5.82. The Hall–Kier alpha value is -4.52. The minimum absolute atomic E-state index is 0.0257. The van der Waals surface area contributed by atoms with Gasteiger partial charge in [0, 0.05) is 65.4 Å². The molecule has 0 aromatic rings. The highest BCUT2D eigenvalue weighted by atomic mass is 16.5. The predicted molar refractivity (Wildman–Crippen MR) is 493 cm³/mol. The van der Waals surface area contributed by atoms with Gasteiger partial charge in [-0.1, -0.05) is 312 Å². The molecule has 0 saturated heterocycles. The first-order chi connectivity index (χ1) is 58.8. The molecule has 23 nitrogen and oxygen atoms in total. The number of likely N-dealkylation sites (N-methyl/N-ethyl adjacent to an activating group) is 1. The number of hydrogen-bond acceptors (Lipinski definition) is 19. The first-order valence-corrected chi connectivity index (χ1v) is 50.4. The van der Waals surface area contributed by atoms with E-state index in [4.69, 9.17) is 18.9 Å². The highest BCUT2D eigenvalue weighted by Gasteiger charge is 2.29. The number of hydrogen-bond donors (Lipinski definition) is 8. The fraction of sp³-hybridized carbons (Fsp3) is 0.918. The summed E-state index contributed by atoms with van der Waals surface area (Å²) in [4.78, 5) is 113. The van der Waals surface area contributed by atoms with Crippen LogP contribution >= 0.6 is 0 Å². The Bertz CT molecular complexity index is 2380. The summed E-state index contributed by atoms with van der Waals surface area (Å²) in [5.41, 5.74) is 0. The monoisotopic (exact) mass is 1720 g/mol. The van der Waals surface area contributed by atoms with Crippen molar-refractivity contribution in [3.05, 3.63) is 0 Å². The zero-order valence-corrected chi connectivity index (χ0v) is 79.3. The van der Waals surface area contributed by atoms with Gasteiger partial charge in [-0.15, -0.1) is 0 Å². The van der Waals surface area contributed by atoms with Gasteiger partial charge >= 0.3 is 23.9 Å². The summed E-state index contributed by atoms with van der Waals surface area (Å²) in [6.45, 7) is 20.1. The molecule has 0 radical (unpaired) electrons. The van der Waals surface area contributed by atoms with Crippen molar-refractivity contribution in [2.75, 3.05) is 105 Å². The number of unbranched alkanes of at least 4 members (excludes halogenated alkanes) is 36. The maximum absolute atomic E-state index is 13.8. The summed E-state index contributed by atoms with van der Waals surface area (Å²) in [5.74, 6) is -3.60. The number of ether oxygens (including phenoxy) is 4. The highest BCUT2D eigenvalue weighted by Crippen LogP contribution is 2.26. The van der Waals surface area contributed by atoms with E-state index in [1.54, 1.807) is 4.90 Å². The topological polar surface area (TPSA) is 312 Å². The lowest BCUT2D eigenvalue weighted by Crippen LogP contribution is -2.50. The van der Waals surface area contributed by atoms with Gasteiger partial charge in [0.05, 0.1) is 50.1 Å². The molecule has 712 valence electrons. The number of carbonyl (C=O) groups excluding carboxylic acids is 8. The van der Waals surface area contributed by atoms with Crippen LogP contribution in [0.4, 0.5) is 0 Å². The van der Waals surface area contributed by atoms with Crippen LogP contribution in [-0.4, -0.2) is 213 Å². The van der Waals surface area contributed by atoms with Crippen LogP contribution in [0.25, 0.3) is 0 Å². The third kappa shape index (κ3) is 68.4. The van der Waals surface area contributed by atoms with E-state index in [0.717, 1.165) is 205 Å². The van der Waals surface area contributed by atoms with Gasteiger partial charge in [-0.05, 0) is 129 Å². The van der Waals surface area contributed by atoms with Gasteiger partial charge in [-0.2, -0.15) is 0 Å². The second-order valence-electron chi connectivity index (χ2n) is 35.2. The lowest BCUT2D eigenvalue weighted by atomic mass is 9.94. The largest absolute Gasteiger partial charge is 0.465 e. The molecule has 0 aromatic heterocycles. The number of aliphatic hydroxyl groups excluding tert-OH is 4. The standard InChI is InChI=1S/C98H189N7O16/c1-10-18-26-34-38-46-63-83(59-42-30-22-14-5)95(114)118-77-54-50-68-99-90(109)87(106)67-74-105(94(113)93(112)102-71-53-57-80-121-98(117)86(62-45-33-25-17-8)66-49-41-37-29-21-13-4)73-58-72-103(9)75-76-104(81-88(107)91(110)100-69-51-55-78-119-96(115)84(60-43-31-23-15-6)64-47-39-35-27-19-11-2)82-89(108)92(111)101-70-52-56-79-120-97(116)85(61-44-32-24-16-7)65-48-40-36-28-20-12-3/h83-89,94,106-108,113H,10-82H2,1-9H3,(H,99,109)(H,100,110)(H,101,111)(H,102,112). The zero-order valence-electron chi connectivity index (χ0n) is 79.3. The fourth-order valence-corrected chi connectivity index (χ4v) is 15.7. The molecule has 0 saturated carbocycles. The maximum Gasteiger partial charge on any atom is 0.308 e. The molecule has 0 spiro atoms. The van der Waals surface area contributed by atoms with E-state index >= 15 is 0 Å². The Morgan fingerprint density at radius 1 is 0.248 bits per heavy atom. The number of nitrogens with one attached hydrogen (secondary N) is 4. The summed E-state index contributed by atoms with van der Waals surface area (Å²) < 4.78 is 23.2. The van der Waals surface area contributed by atoms with E-state index in [0.29, 0.717) is 70.9 Å². The number of aliphatic hydroxyl groups is 4. The van der Waals surface area contributed by atoms with Crippen molar-refractivity contribution in [2.24, 2.45) is 23.7 Å². The molecule has 0 heterocycles. The van der Waals surface area contributed by atoms with Crippen molar-refractivity contribution in [3.63, 3.8) is 0 Å². The summed E-state index contributed by atoms with van der Waals surface area (Å²) in [5, 5.41) is 57.1. The van der Waals surface area contributed by atoms with Gasteiger partial charge in [-0.3, -0.25) is 48.2 Å². The quantitative estimate of drug-likeness (QED) is 0.0121. The molecule has 0 fully saturated rings. The van der Waals surface area contributed by atoms with Crippen molar-refractivity contribution >= 4 is 47.5 Å². The smallest absolute Gasteiger partial charge is 0.308 e. The third-order valence-corrected chi connectivity index (χ3v) is 23.9. The van der Waals surface area contributed by atoms with Crippen LogP contribution in [0.5, 0.6) is 0 Å². The number of carbonyl (C=O) groups is 8. The molecule has 0 rings (SSSR count). The van der Waals surface area contributed by atoms with Crippen LogP contribution in [0, 0.1) is 23.7 Å². The van der Waals surface area contributed by atoms with Crippen LogP contribution in [0.2, 0.25) is 0 Å². The Morgan fingerprint density at radius 2 is 0.488 bits per heavy atom. The number of nitrogens with zero attached hydrogens (tertiary/aromatic N) is 3. The molecular formula is C98H189N7O16. The molecule has 8 unspecified atom stereocenters. The molecule has 23 heteroatoms. The van der Waals surface area contributed by atoms with E-state index in [-0.39, 0.29) is 139 Å². The maximum atomic E-state index is 13.8. The van der Waals surface area contributed by atoms with Gasteiger partial charge in [0.15, 0.2) is 6.23 Å². The van der Waals surface area contributed by atoms with E-state index in [1.165, 1.54) is 108 Å². The molecule has 0 bridgehead atoms. The van der Waals surface area contributed by atoms with Crippen LogP contribution in [0.3, 0.4) is 0 Å². The average molecular weight is 1720 g/mol. The fourth-order valence-electron chi connectivity index (χ4n) is 15.7. The normalized spacial score (nSPS) is 13.7. The zero-order chi connectivity index (χ0) is 89.2. The van der Waals surface area contributed by atoms with E-state index in [1.807, 2.05) is 11.9 Å². The van der Waals surface area contributed by atoms with E-state index in [2.05, 4.69) is 76.7 Å². The van der Waals surface area contributed by atoms with Gasteiger partial charge in [0.25, 0.3) is 5.91 Å². The second-order valence-corrected chi connectivity index (χ2v) is 35.2. The number of rotatable bonds is 91. The van der Waals surface area contributed by atoms with Crippen molar-refractivity contribution < 1.29 is 77.7 Å². The van der Waals surface area contributed by atoms with Crippen molar-refractivity contribution in [1.29, 1.82) is 0 Å². The van der Waals surface area contributed by atoms with Crippen LogP contribution in [0.1, 0.15) is 428 Å². The minimum atomic E-state index is -1.64. The number of esters is 4. The minimum Gasteiger partial charge on any atom is -0.465 e. The van der Waals surface area contributed by atoms with Gasteiger partial charge in [0.2, 0.25) is 17.7 Å². The van der Waals surface area contributed by atoms with Gasteiger partial charge in [-0.25, -0.2) is 0 Å². The molecule has 0 aliphatic rings. The molecule has 0 aromatic carbocycles. The molecule has 8 N–H and O–H groups in total. The summed E-state index contributed by atoms with van der Waals surface area (Å²) >= 11 is 0. The van der Waals surface area contributed by atoms with Gasteiger partial charge in [0.1, 0.15) is 18.3 Å². The summed E-state index contributed by atoms with van der Waals surface area (Å²) in [6, 6.07) is 0. The Labute approximate surface area is 739 Å². The third-order valence-electron chi connectivity index (χ3n) is 23.9. The van der Waals surface area contributed by atoms with Crippen molar-refractivity contribution in [3.8, 4) is 0 Å². The van der Waals surface area contributed by atoms with Crippen LogP contribution < -0.4 is 21.3 Å². The lowest BCUT2D eigenvalue weighted by molar-refractivity contribution is -0.150. The van der Waals surface area contributed by atoms with Crippen molar-refractivity contribution in [2.45, 2.75) is 452 Å². The molecule has 4 amide bonds. The second kappa shape index (κ2) is 84.9. The molecular weight excluding hydrogens is 1530 g/mol. The van der Waals surface area contributed by atoms with Gasteiger partial charge < -0.3 is 65.5 Å². The van der Waals surface area contributed by atoms with Crippen LogP contribution in [-0.2, 0) is 57.3 Å². The lowest BCUT2D eigenvalue weighted by Gasteiger charge is -2.30. The van der Waals surface area contributed by atoms with E-state index in [9.17, 15) is 58.8 Å². The first-order valence-electron chi connectivity index (χ1n) is 50.4. The summed E-state index contributed by atoms with van der Waals surface area (Å²) in [7, 11) is 1.86. The predicted octanol–water partition coefficient (Wildman–Crippen LogP) is 18.8. The van der Waals surface area contributed by atoms with Crippen molar-refractivity contribution in [1.82, 2.24) is 36.0 Å². The molecule has 0 aliphatic carbocycles. The average Bonchev–Trinajstić information content (AvgIpc) is 0.884. The Kier molecular flexibility index (Phi) is 81.8. The van der Waals surface area contributed by atoms with Crippen LogP contribution in [0.15, 0.2) is 0 Å². The SMILES string of the molecule is CCCCCCCCC(CCCCCC)C(=O)OCCCCNC(=O)C(O)CCN(CCCN(C)CCN(CC(O)C(=O)NCCCCOC(=O)C(CCCCCC)CCCCCCCC)CC(O)C(=O)NCCCCOC(=O)C(CCCCCC)CCCCCCCC)C(O)C(=O)NCCCCOC(=O)C(CCCCCC)CCCCCCCC. The number of amides is 4.